The van der Waals surface area contributed by atoms with E-state index >= 15 is 0 Å². The molecule has 4 rings (SSSR count). The van der Waals surface area contributed by atoms with Crippen molar-refractivity contribution in [2.45, 2.75) is 69.9 Å². The van der Waals surface area contributed by atoms with E-state index in [1.807, 2.05) is 0 Å². The third-order valence-corrected chi connectivity index (χ3v) is 6.78. The zero-order valence-electron chi connectivity index (χ0n) is 14.7. The lowest BCUT2D eigenvalue weighted by molar-refractivity contribution is -0.141. The molecule has 0 aromatic rings. The molecular weight excluding hydrogens is 324 g/mol. The minimum atomic E-state index is 0. The second kappa shape index (κ2) is 7.92. The van der Waals surface area contributed by atoms with E-state index in [1.54, 1.807) is 0 Å². The van der Waals surface area contributed by atoms with Gasteiger partial charge < -0.3 is 15.4 Å². The van der Waals surface area contributed by atoms with Crippen LogP contribution in [0.2, 0.25) is 0 Å². The number of piperidine rings is 1. The van der Waals surface area contributed by atoms with Gasteiger partial charge in [0.05, 0.1) is 6.10 Å². The molecule has 1 amide bonds. The fourth-order valence-electron chi connectivity index (χ4n) is 5.05. The van der Waals surface area contributed by atoms with E-state index in [9.17, 15) is 4.79 Å². The highest BCUT2D eigenvalue weighted by atomic mass is 35.5. The van der Waals surface area contributed by atoms with E-state index in [-0.39, 0.29) is 18.3 Å². The number of carbonyl (C=O) groups is 1. The van der Waals surface area contributed by atoms with Gasteiger partial charge in [-0.05, 0) is 69.1 Å². The highest BCUT2D eigenvalue weighted by Gasteiger charge is 2.42. The third kappa shape index (κ3) is 4.08. The molecule has 2 N–H and O–H groups in total. The number of hydrogen-bond donors (Lipinski definition) is 1. The smallest absolute Gasteiger partial charge is 0.225 e. The molecule has 2 bridgehead atoms. The molecule has 4 fully saturated rings. The number of amides is 1. The van der Waals surface area contributed by atoms with Gasteiger partial charge in [0.15, 0.2) is 0 Å². The average molecular weight is 357 g/mol. The van der Waals surface area contributed by atoms with Gasteiger partial charge in [0.1, 0.15) is 0 Å². The summed E-state index contributed by atoms with van der Waals surface area (Å²) in [6, 6.07) is 0.356. The first kappa shape index (κ1) is 18.5. The molecule has 138 valence electrons. The summed E-state index contributed by atoms with van der Waals surface area (Å²) in [5.74, 6) is 2.68. The zero-order chi connectivity index (χ0) is 15.8. The first-order valence-electron chi connectivity index (χ1n) is 9.86. The summed E-state index contributed by atoms with van der Waals surface area (Å²) in [6.45, 7) is 2.74. The van der Waals surface area contributed by atoms with Crippen LogP contribution in [0, 0.1) is 23.7 Å². The van der Waals surface area contributed by atoms with Crippen molar-refractivity contribution in [1.29, 1.82) is 0 Å². The summed E-state index contributed by atoms with van der Waals surface area (Å²) in [7, 11) is 0. The number of halogens is 1. The Morgan fingerprint density at radius 2 is 1.62 bits per heavy atom. The van der Waals surface area contributed by atoms with Gasteiger partial charge in [-0.1, -0.05) is 6.42 Å². The minimum Gasteiger partial charge on any atom is -0.378 e. The fourth-order valence-corrected chi connectivity index (χ4v) is 5.05. The molecule has 1 aliphatic heterocycles. The number of likely N-dealkylation sites (tertiary alicyclic amines) is 1. The molecule has 4 aliphatic rings. The summed E-state index contributed by atoms with van der Waals surface area (Å²) in [6.07, 6.45) is 11.0. The SMILES string of the molecule is Cl.NC1C2CCCC1CC(C(=O)N1CCC(OCC3CC3)CC1)C2. The van der Waals surface area contributed by atoms with Crippen LogP contribution in [0.1, 0.15) is 57.8 Å². The van der Waals surface area contributed by atoms with Crippen LogP contribution in [0.4, 0.5) is 0 Å². The minimum absolute atomic E-state index is 0. The van der Waals surface area contributed by atoms with E-state index in [2.05, 4.69) is 4.90 Å². The number of fused-ring (bicyclic) bond motifs is 2. The lowest BCUT2D eigenvalue weighted by atomic mass is 9.65. The topological polar surface area (TPSA) is 55.6 Å². The first-order chi connectivity index (χ1) is 11.2. The van der Waals surface area contributed by atoms with Gasteiger partial charge >= 0.3 is 0 Å². The molecule has 0 aromatic heterocycles. The monoisotopic (exact) mass is 356 g/mol. The van der Waals surface area contributed by atoms with Crippen LogP contribution < -0.4 is 5.73 Å². The Kier molecular flexibility index (Phi) is 6.10. The quantitative estimate of drug-likeness (QED) is 0.842. The van der Waals surface area contributed by atoms with Crippen molar-refractivity contribution in [3.8, 4) is 0 Å². The summed E-state index contributed by atoms with van der Waals surface area (Å²) in [4.78, 5) is 15.0. The zero-order valence-corrected chi connectivity index (χ0v) is 15.5. The Morgan fingerprint density at radius 3 is 2.21 bits per heavy atom. The average Bonchev–Trinajstić information content (AvgIpc) is 3.37. The Labute approximate surface area is 152 Å². The number of nitrogens with zero attached hydrogens (tertiary/aromatic N) is 1. The second-order valence-corrected chi connectivity index (χ2v) is 8.50. The lowest BCUT2D eigenvalue weighted by Gasteiger charge is -2.45. The number of hydrogen-bond acceptors (Lipinski definition) is 3. The van der Waals surface area contributed by atoms with Crippen LogP contribution in [-0.4, -0.2) is 42.6 Å². The number of carbonyl (C=O) groups excluding carboxylic acids is 1. The summed E-state index contributed by atoms with van der Waals surface area (Å²) < 4.78 is 6.00. The maximum atomic E-state index is 12.9. The van der Waals surface area contributed by atoms with E-state index in [1.165, 1.54) is 32.1 Å². The van der Waals surface area contributed by atoms with Crippen molar-refractivity contribution in [3.05, 3.63) is 0 Å². The largest absolute Gasteiger partial charge is 0.378 e. The maximum absolute atomic E-state index is 12.9. The standard InChI is InChI=1S/C19H32N2O2.ClH/c20-18-14-2-1-3-15(18)11-16(10-14)19(22)21-8-6-17(7-9-21)23-12-13-4-5-13;/h13-18H,1-12,20H2;1H. The molecule has 5 heteroatoms. The van der Waals surface area contributed by atoms with Crippen LogP contribution in [0.5, 0.6) is 0 Å². The highest BCUT2D eigenvalue weighted by Crippen LogP contribution is 2.42. The molecule has 1 saturated heterocycles. The third-order valence-electron chi connectivity index (χ3n) is 6.78. The van der Waals surface area contributed by atoms with Crippen molar-refractivity contribution in [1.82, 2.24) is 4.90 Å². The molecule has 0 spiro atoms. The Bertz CT molecular complexity index is 421. The van der Waals surface area contributed by atoms with Crippen LogP contribution in [0.25, 0.3) is 0 Å². The van der Waals surface area contributed by atoms with Crippen LogP contribution in [0.15, 0.2) is 0 Å². The van der Waals surface area contributed by atoms with Crippen LogP contribution in [0.3, 0.4) is 0 Å². The second-order valence-electron chi connectivity index (χ2n) is 8.50. The van der Waals surface area contributed by atoms with Gasteiger partial charge in [-0.2, -0.15) is 0 Å². The molecule has 2 atom stereocenters. The van der Waals surface area contributed by atoms with Gasteiger partial charge in [-0.15, -0.1) is 12.4 Å². The van der Waals surface area contributed by atoms with Crippen LogP contribution in [-0.2, 0) is 9.53 Å². The Morgan fingerprint density at radius 1 is 1.00 bits per heavy atom. The van der Waals surface area contributed by atoms with Crippen molar-refractivity contribution in [3.63, 3.8) is 0 Å². The Balaban J connectivity index is 0.00000169. The molecule has 0 radical (unpaired) electrons. The Hall–Kier alpha value is -0.320. The van der Waals surface area contributed by atoms with Gasteiger partial charge in [0, 0.05) is 31.7 Å². The molecule has 24 heavy (non-hydrogen) atoms. The van der Waals surface area contributed by atoms with Crippen molar-refractivity contribution >= 4 is 18.3 Å². The van der Waals surface area contributed by atoms with Crippen molar-refractivity contribution < 1.29 is 9.53 Å². The van der Waals surface area contributed by atoms with Crippen molar-refractivity contribution in [2.24, 2.45) is 29.4 Å². The van der Waals surface area contributed by atoms with E-state index in [0.29, 0.717) is 29.9 Å². The number of rotatable bonds is 4. The van der Waals surface area contributed by atoms with Gasteiger partial charge in [-0.3, -0.25) is 4.79 Å². The van der Waals surface area contributed by atoms with Gasteiger partial charge in [-0.25, -0.2) is 0 Å². The molecule has 0 aromatic carbocycles. The predicted molar refractivity (Wildman–Crippen MR) is 97.1 cm³/mol. The molecule has 2 unspecified atom stereocenters. The first-order valence-corrected chi connectivity index (χ1v) is 9.86. The molecule has 4 nitrogen and oxygen atoms in total. The molecule has 3 aliphatic carbocycles. The summed E-state index contributed by atoms with van der Waals surface area (Å²) >= 11 is 0. The predicted octanol–water partition coefficient (Wildman–Crippen LogP) is 2.98. The number of ether oxygens (including phenoxy) is 1. The summed E-state index contributed by atoms with van der Waals surface area (Å²) in [5.41, 5.74) is 6.36. The highest BCUT2D eigenvalue weighted by molar-refractivity contribution is 5.85. The molecule has 1 heterocycles. The summed E-state index contributed by atoms with van der Waals surface area (Å²) in [5, 5.41) is 0. The molecule has 3 saturated carbocycles. The number of nitrogens with two attached hydrogens (primary N) is 1. The van der Waals surface area contributed by atoms with Crippen molar-refractivity contribution in [2.75, 3.05) is 19.7 Å². The van der Waals surface area contributed by atoms with Gasteiger partial charge in [0.2, 0.25) is 5.91 Å². The van der Waals surface area contributed by atoms with E-state index in [0.717, 1.165) is 51.3 Å². The van der Waals surface area contributed by atoms with E-state index in [4.69, 9.17) is 10.5 Å². The van der Waals surface area contributed by atoms with E-state index < -0.39 is 0 Å². The lowest BCUT2D eigenvalue weighted by Crippen LogP contribution is -2.51. The maximum Gasteiger partial charge on any atom is 0.225 e. The van der Waals surface area contributed by atoms with Crippen LogP contribution >= 0.6 is 12.4 Å². The van der Waals surface area contributed by atoms with Gasteiger partial charge in [0.25, 0.3) is 0 Å². The normalized spacial score (nSPS) is 37.0. The molecular formula is C19H33ClN2O2. The fraction of sp³-hybridized carbons (Fsp3) is 0.947.